The summed E-state index contributed by atoms with van der Waals surface area (Å²) in [4.78, 5) is 55.6. The minimum Gasteiger partial charge on any atom is -0.748 e. The first-order chi connectivity index (χ1) is 40.4. The van der Waals surface area contributed by atoms with Crippen LogP contribution in [-0.2, 0) is 78.7 Å². The second-order valence-electron chi connectivity index (χ2n) is 25.6. The minimum absolute atomic E-state index is 0.00668. The third-order valence-corrected chi connectivity index (χ3v) is 15.8. The molecule has 0 aromatic rings. The van der Waals surface area contributed by atoms with Crippen molar-refractivity contribution in [1.29, 1.82) is 0 Å². The van der Waals surface area contributed by atoms with E-state index >= 15 is 0 Å². The van der Waals surface area contributed by atoms with Crippen molar-refractivity contribution in [3.8, 4) is 0 Å². The summed E-state index contributed by atoms with van der Waals surface area (Å²) in [7, 11) is 2.02. The van der Waals surface area contributed by atoms with Gasteiger partial charge in [-0.05, 0) is 27.2 Å². The normalized spacial score (nSPS) is 12.9. The van der Waals surface area contributed by atoms with Gasteiger partial charge in [0.1, 0.15) is 64.8 Å². The number of carbonyl (C=O) groups is 5. The number of aliphatic hydroxyl groups is 2. The Morgan fingerprint density at radius 3 is 1.11 bits per heavy atom. The highest BCUT2D eigenvalue weighted by Gasteiger charge is 2.25. The molecule has 0 fully saturated rings. The van der Waals surface area contributed by atoms with Gasteiger partial charge in [0.2, 0.25) is 11.8 Å². The molecule has 532 valence electrons. The average Bonchev–Trinajstić information content (AvgIpc) is 3.09. The molecule has 0 radical (unpaired) electrons. The summed E-state index contributed by atoms with van der Waals surface area (Å²) in [6.45, 7) is 32.1. The van der Waals surface area contributed by atoms with Crippen LogP contribution in [0.15, 0.2) is 49.1 Å². The minimum atomic E-state index is -4.45. The number of nitrogens with zero attached hydrogens (tertiary/aromatic N) is 5. The number of aliphatic hydroxyl groups excluding tert-OH is 2. The van der Waals surface area contributed by atoms with Crippen molar-refractivity contribution in [3.05, 3.63) is 49.1 Å². The van der Waals surface area contributed by atoms with E-state index in [1.807, 2.05) is 56.1 Å². The lowest BCUT2D eigenvalue weighted by atomic mass is 10.2. The van der Waals surface area contributed by atoms with Crippen LogP contribution >= 0.6 is 0 Å². The van der Waals surface area contributed by atoms with Crippen molar-refractivity contribution < 1.29 is 123 Å². The number of esters is 3. The second kappa shape index (κ2) is 45.9. The molecule has 0 saturated carbocycles. The number of hydrogen-bond acceptors (Lipinski definition) is 22. The fourth-order valence-electron chi connectivity index (χ4n) is 7.41. The van der Waals surface area contributed by atoms with Gasteiger partial charge in [-0.25, -0.2) is 48.1 Å². The van der Waals surface area contributed by atoms with Crippen molar-refractivity contribution in [2.75, 3.05) is 192 Å². The zero-order chi connectivity index (χ0) is 71.8. The van der Waals surface area contributed by atoms with Crippen LogP contribution in [0.2, 0.25) is 0 Å². The Bertz CT molecular complexity index is 2660. The quantitative estimate of drug-likeness (QED) is 0.0156. The van der Waals surface area contributed by atoms with Crippen molar-refractivity contribution in [2.24, 2.45) is 5.92 Å². The van der Waals surface area contributed by atoms with Gasteiger partial charge in [0.15, 0.2) is 0 Å². The molecule has 2 amide bonds. The predicted molar refractivity (Wildman–Crippen MR) is 341 cm³/mol. The maximum atomic E-state index is 11.3. The largest absolute Gasteiger partial charge is 0.748 e. The lowest BCUT2D eigenvalue weighted by Crippen LogP contribution is -2.49. The van der Waals surface area contributed by atoms with Gasteiger partial charge in [-0.3, -0.25) is 9.59 Å². The number of rotatable bonds is 41. The zero-order valence-corrected chi connectivity index (χ0v) is 60.0. The van der Waals surface area contributed by atoms with Crippen LogP contribution in [0.3, 0.4) is 0 Å². The molecule has 0 aliphatic carbocycles. The Morgan fingerprint density at radius 1 is 0.478 bits per heavy atom. The number of likely N-dealkylation sites (N-methyl/N-ethyl adjacent to an activating group) is 4. The SMILES string of the molecule is C=C(C)C(=O)NCCC[N+](C)(C)CCCS(=O)(=O)[O-].C=C(C)C(=O)OCC[N+](C)(C)CC(O)CS(=O)(=O)[O-].C=C(C)C(=O)OCC[N+](C)(C)CCCS(=O)(=O)[O-].C=CC(=O)OCC[N+](C)(C)CCCC.CC(C)C(=O)NCCC[N+](C)(C)CC(O)CS(=O)(=O)[O-]. The molecule has 0 rings (SSSR count). The molecular formula is C57H114N7O22S4+. The van der Waals surface area contributed by atoms with Gasteiger partial charge in [-0.2, -0.15) is 0 Å². The van der Waals surface area contributed by atoms with Gasteiger partial charge in [0.05, 0.1) is 155 Å². The summed E-state index contributed by atoms with van der Waals surface area (Å²) in [5.41, 5.74) is 1.12. The molecule has 0 aromatic carbocycles. The van der Waals surface area contributed by atoms with Gasteiger partial charge < -0.3 is 75.7 Å². The zero-order valence-electron chi connectivity index (χ0n) is 56.7. The molecule has 2 atom stereocenters. The number of quaternary nitrogens is 5. The lowest BCUT2D eigenvalue weighted by Gasteiger charge is -2.32. The van der Waals surface area contributed by atoms with E-state index in [4.69, 9.17) is 14.2 Å². The van der Waals surface area contributed by atoms with Crippen molar-refractivity contribution >= 4 is 70.2 Å². The summed E-state index contributed by atoms with van der Waals surface area (Å²) in [6.07, 6.45) is 3.36. The highest BCUT2D eigenvalue weighted by molar-refractivity contribution is 7.86. The smallest absolute Gasteiger partial charge is 0.333 e. The van der Waals surface area contributed by atoms with Gasteiger partial charge in [0.25, 0.3) is 0 Å². The maximum Gasteiger partial charge on any atom is 0.333 e. The fourth-order valence-corrected chi connectivity index (χ4v) is 9.53. The summed E-state index contributed by atoms with van der Waals surface area (Å²) in [6, 6.07) is 0. The third-order valence-electron chi connectivity index (χ3n) is 12.7. The van der Waals surface area contributed by atoms with Crippen LogP contribution in [0.1, 0.15) is 80.1 Å². The van der Waals surface area contributed by atoms with E-state index in [9.17, 15) is 86.1 Å². The highest BCUT2D eigenvalue weighted by Crippen LogP contribution is 2.08. The molecule has 0 bridgehead atoms. The first kappa shape index (κ1) is 94.4. The van der Waals surface area contributed by atoms with E-state index in [1.165, 1.54) is 25.8 Å². The van der Waals surface area contributed by atoms with Crippen molar-refractivity contribution in [2.45, 2.75) is 92.3 Å². The number of hydrogen-bond donors (Lipinski definition) is 4. The molecule has 33 heteroatoms. The highest BCUT2D eigenvalue weighted by atomic mass is 32.2. The van der Waals surface area contributed by atoms with Crippen LogP contribution in [-0.4, -0.2) is 318 Å². The number of nitrogens with one attached hydrogen (secondary N) is 2. The molecule has 2 unspecified atom stereocenters. The maximum absolute atomic E-state index is 11.3. The Morgan fingerprint density at radius 2 is 0.789 bits per heavy atom. The van der Waals surface area contributed by atoms with E-state index in [-0.39, 0.29) is 66.0 Å². The van der Waals surface area contributed by atoms with E-state index in [0.717, 1.165) is 30.5 Å². The molecule has 0 saturated heterocycles. The molecule has 0 aromatic heterocycles. The van der Waals surface area contributed by atoms with Gasteiger partial charge in [-0.15, -0.1) is 0 Å². The molecule has 0 spiro atoms. The second-order valence-corrected chi connectivity index (χ2v) is 31.5. The number of ether oxygens (including phenoxy) is 3. The third kappa shape index (κ3) is 68.0. The molecule has 4 N–H and O–H groups in total. The summed E-state index contributed by atoms with van der Waals surface area (Å²) < 4.78 is 143. The Kier molecular flexibility index (Phi) is 48.1. The fraction of sp³-hybridized carbons (Fsp3) is 0.772. The number of unbranched alkanes of at least 4 members (excludes halogenated alkanes) is 1. The first-order valence-electron chi connectivity index (χ1n) is 29.3. The predicted octanol–water partition coefficient (Wildman–Crippen LogP) is 0.00940. The van der Waals surface area contributed by atoms with Gasteiger partial charge in [0, 0.05) is 79.0 Å². The Hall–Kier alpha value is -4.33. The molecule has 29 nitrogen and oxygen atoms in total. The van der Waals surface area contributed by atoms with Gasteiger partial charge in [-0.1, -0.05) is 53.5 Å². The summed E-state index contributed by atoms with van der Waals surface area (Å²) in [5, 5.41) is 24.6. The van der Waals surface area contributed by atoms with E-state index in [0.29, 0.717) is 102 Å². The van der Waals surface area contributed by atoms with Crippen LogP contribution < -0.4 is 10.6 Å². The average molecular weight is 1380 g/mol. The number of amides is 2. The molecule has 0 heterocycles. The van der Waals surface area contributed by atoms with Crippen LogP contribution in [0.25, 0.3) is 0 Å². The van der Waals surface area contributed by atoms with Gasteiger partial charge >= 0.3 is 17.9 Å². The molecule has 0 aliphatic rings. The van der Waals surface area contributed by atoms with Crippen molar-refractivity contribution in [3.63, 3.8) is 0 Å². The van der Waals surface area contributed by atoms with Crippen LogP contribution in [0.4, 0.5) is 0 Å². The van der Waals surface area contributed by atoms with E-state index in [1.54, 1.807) is 27.9 Å². The number of carbonyl (C=O) groups excluding carboxylic acids is 5. The molecule has 0 aliphatic heterocycles. The molecule has 90 heavy (non-hydrogen) atoms. The summed E-state index contributed by atoms with van der Waals surface area (Å²) >= 11 is 0. The lowest BCUT2D eigenvalue weighted by molar-refractivity contribution is -0.893. The van der Waals surface area contributed by atoms with Crippen LogP contribution in [0.5, 0.6) is 0 Å². The first-order valence-corrected chi connectivity index (χ1v) is 35.6. The summed E-state index contributed by atoms with van der Waals surface area (Å²) in [5.74, 6) is -3.74. The molecular weight excluding hydrogens is 1260 g/mol. The Balaban J connectivity index is -0.000000336. The Labute approximate surface area is 540 Å². The van der Waals surface area contributed by atoms with Crippen molar-refractivity contribution in [1.82, 2.24) is 10.6 Å². The van der Waals surface area contributed by atoms with Crippen LogP contribution in [0, 0.1) is 5.92 Å². The van der Waals surface area contributed by atoms with E-state index < -0.39 is 76.1 Å². The van der Waals surface area contributed by atoms with E-state index in [2.05, 4.69) is 58.0 Å². The topological polar surface area (TPSA) is 406 Å². The monoisotopic (exact) mass is 1380 g/mol. The standard InChI is InChI=1S/C12H26N2O5S.C12H24N2O4S.C11H21NO6S.C11H21NO5S.C11H22NO2/c1-10(2)12(16)13-6-5-7-14(3,4)8-11(15)9-20(17,18)19;1-11(2)12(15)13-7-5-8-14(3,4)9-6-10-19(16,17)18;1-9(2)11(14)18-6-5-12(3,4)7-10(13)8-19(15,16)17;1-10(2)11(13)17-8-7-12(3,4)6-5-9-18(14,15)16;1-5-7-8-12(3,4)9-10-14-11(13)6-2/h10-11,15H,5-9H2,1-4H3,(H-,13,16,17,18,19);1,5-10H2,2-4H3,(H-,13,15,16,17,18);10,13H,1,5-8H2,2-4H3;1,5-9H2,2-4H3;6H,2,5,7-10H2,1,3-4H3/q;;;;+1.